The molecule has 0 bridgehead atoms. The van der Waals surface area contributed by atoms with E-state index in [0.717, 1.165) is 22.9 Å². The molecule has 1 amide bonds. The number of carboxylic acids is 1. The molecule has 0 radical (unpaired) electrons. The minimum Gasteiger partial charge on any atom is -0.489 e. The van der Waals surface area contributed by atoms with Gasteiger partial charge < -0.3 is 9.84 Å². The van der Waals surface area contributed by atoms with Crippen LogP contribution in [0.4, 0.5) is 0 Å². The topological polar surface area (TPSA) is 66.8 Å². The normalized spacial score (nSPS) is 16.3. The van der Waals surface area contributed by atoms with E-state index in [-0.39, 0.29) is 16.6 Å². The number of carboxylic acid groups (broad SMARTS) is 1. The lowest BCUT2D eigenvalue weighted by Crippen LogP contribution is -2.43. The number of carbonyl (C=O) groups is 2. The molecule has 2 aromatic carbocycles. The van der Waals surface area contributed by atoms with Gasteiger partial charge in [0, 0.05) is 5.02 Å². The SMILES string of the molecule is CC[C@@H](C(=O)O)N1C(=O)/C(=C/c2cccc(OCc3ccc(Cl)cc3)c2)SC1=S. The molecule has 150 valence electrons. The quantitative estimate of drug-likeness (QED) is 0.476. The Kier molecular flexibility index (Phi) is 6.95. The molecule has 0 saturated carbocycles. The van der Waals surface area contributed by atoms with Crippen LogP contribution in [0.5, 0.6) is 5.75 Å². The number of ether oxygens (including phenoxy) is 1. The predicted octanol–water partition coefficient (Wildman–Crippen LogP) is 4.98. The van der Waals surface area contributed by atoms with Crippen LogP contribution in [0.3, 0.4) is 0 Å². The number of rotatable bonds is 7. The summed E-state index contributed by atoms with van der Waals surface area (Å²) in [6.07, 6.45) is 1.98. The van der Waals surface area contributed by atoms with Crippen molar-refractivity contribution >= 4 is 57.9 Å². The third-order valence-electron chi connectivity index (χ3n) is 4.28. The summed E-state index contributed by atoms with van der Waals surface area (Å²) in [5.74, 6) is -0.800. The molecule has 2 aromatic rings. The average molecular weight is 448 g/mol. The maximum atomic E-state index is 12.7. The lowest BCUT2D eigenvalue weighted by molar-refractivity contribution is -0.145. The first-order valence-electron chi connectivity index (χ1n) is 8.86. The van der Waals surface area contributed by atoms with Crippen molar-refractivity contribution in [3.05, 3.63) is 69.6 Å². The monoisotopic (exact) mass is 447 g/mol. The summed E-state index contributed by atoms with van der Waals surface area (Å²) in [6, 6.07) is 13.8. The molecule has 1 fully saturated rings. The number of thiocarbonyl (C=S) groups is 1. The van der Waals surface area contributed by atoms with Gasteiger partial charge in [-0.25, -0.2) is 4.79 Å². The molecule has 5 nitrogen and oxygen atoms in total. The van der Waals surface area contributed by atoms with Gasteiger partial charge >= 0.3 is 5.97 Å². The van der Waals surface area contributed by atoms with Crippen LogP contribution in [0.15, 0.2) is 53.4 Å². The highest BCUT2D eigenvalue weighted by Crippen LogP contribution is 2.35. The minimum atomic E-state index is -1.07. The highest BCUT2D eigenvalue weighted by molar-refractivity contribution is 8.26. The van der Waals surface area contributed by atoms with Crippen LogP contribution < -0.4 is 4.74 Å². The zero-order valence-electron chi connectivity index (χ0n) is 15.5. The van der Waals surface area contributed by atoms with Crippen LogP contribution in [0, 0.1) is 0 Å². The van der Waals surface area contributed by atoms with Crippen molar-refractivity contribution in [2.75, 3.05) is 0 Å². The first-order chi connectivity index (χ1) is 13.9. The average Bonchev–Trinajstić information content (AvgIpc) is 2.96. The van der Waals surface area contributed by atoms with Crippen LogP contribution in [0.2, 0.25) is 5.02 Å². The molecular formula is C21H18ClNO4S2. The fourth-order valence-electron chi connectivity index (χ4n) is 2.81. The van der Waals surface area contributed by atoms with Gasteiger partial charge in [-0.05, 0) is 47.9 Å². The Balaban J connectivity index is 1.74. The first-order valence-corrected chi connectivity index (χ1v) is 10.5. The molecule has 1 aliphatic heterocycles. The van der Waals surface area contributed by atoms with Crippen molar-refractivity contribution in [1.29, 1.82) is 0 Å². The molecule has 1 heterocycles. The highest BCUT2D eigenvalue weighted by Gasteiger charge is 2.39. The fourth-order valence-corrected chi connectivity index (χ4v) is 4.29. The summed E-state index contributed by atoms with van der Waals surface area (Å²) >= 11 is 12.2. The fraction of sp³-hybridized carbons (Fsp3) is 0.190. The molecule has 1 aliphatic rings. The van der Waals surface area contributed by atoms with E-state index >= 15 is 0 Å². The molecule has 1 saturated heterocycles. The second-order valence-corrected chi connectivity index (χ2v) is 8.41. The molecule has 1 atom stereocenters. The number of aliphatic carboxylic acids is 1. The number of thioether (sulfide) groups is 1. The lowest BCUT2D eigenvalue weighted by atomic mass is 10.1. The molecule has 0 spiro atoms. The molecule has 0 aliphatic carbocycles. The van der Waals surface area contributed by atoms with Gasteiger partial charge in [0.15, 0.2) is 0 Å². The number of carbonyl (C=O) groups excluding carboxylic acids is 1. The zero-order chi connectivity index (χ0) is 21.0. The molecule has 1 N–H and O–H groups in total. The van der Waals surface area contributed by atoms with Crippen LogP contribution >= 0.6 is 35.6 Å². The van der Waals surface area contributed by atoms with Crippen LogP contribution in [0.25, 0.3) is 6.08 Å². The summed E-state index contributed by atoms with van der Waals surface area (Å²) in [5.41, 5.74) is 1.75. The van der Waals surface area contributed by atoms with E-state index < -0.39 is 12.0 Å². The molecule has 0 aromatic heterocycles. The van der Waals surface area contributed by atoms with Gasteiger partial charge in [0.1, 0.15) is 22.7 Å². The zero-order valence-corrected chi connectivity index (χ0v) is 17.9. The van der Waals surface area contributed by atoms with E-state index in [0.29, 0.717) is 22.3 Å². The molecule has 0 unspecified atom stereocenters. The van der Waals surface area contributed by atoms with Gasteiger partial charge in [-0.15, -0.1) is 0 Å². The van der Waals surface area contributed by atoms with Crippen molar-refractivity contribution < 1.29 is 19.4 Å². The Bertz CT molecular complexity index is 975. The van der Waals surface area contributed by atoms with Gasteiger partial charge in [-0.1, -0.05) is 66.8 Å². The van der Waals surface area contributed by atoms with Crippen molar-refractivity contribution in [2.24, 2.45) is 0 Å². The third-order valence-corrected chi connectivity index (χ3v) is 5.86. The number of hydrogen-bond acceptors (Lipinski definition) is 5. The Morgan fingerprint density at radius 3 is 2.69 bits per heavy atom. The minimum absolute atomic E-state index is 0.255. The second-order valence-electron chi connectivity index (χ2n) is 6.30. The summed E-state index contributed by atoms with van der Waals surface area (Å²) in [6.45, 7) is 2.10. The number of benzene rings is 2. The van der Waals surface area contributed by atoms with Crippen molar-refractivity contribution in [1.82, 2.24) is 4.90 Å². The molecule has 29 heavy (non-hydrogen) atoms. The Labute approximate surface area is 183 Å². The highest BCUT2D eigenvalue weighted by atomic mass is 35.5. The second kappa shape index (κ2) is 9.43. The van der Waals surface area contributed by atoms with Gasteiger partial charge in [0.05, 0.1) is 4.91 Å². The van der Waals surface area contributed by atoms with Crippen molar-refractivity contribution in [2.45, 2.75) is 26.0 Å². The molecule has 8 heteroatoms. The maximum Gasteiger partial charge on any atom is 0.326 e. The maximum absolute atomic E-state index is 12.7. The van der Waals surface area contributed by atoms with Gasteiger partial charge in [0.2, 0.25) is 0 Å². The van der Waals surface area contributed by atoms with Gasteiger partial charge in [-0.2, -0.15) is 0 Å². The number of nitrogens with zero attached hydrogens (tertiary/aromatic N) is 1. The summed E-state index contributed by atoms with van der Waals surface area (Å²) < 4.78 is 6.07. The summed E-state index contributed by atoms with van der Waals surface area (Å²) in [5, 5.41) is 10.0. The molecular weight excluding hydrogens is 430 g/mol. The van der Waals surface area contributed by atoms with E-state index in [1.54, 1.807) is 25.1 Å². The van der Waals surface area contributed by atoms with E-state index in [9.17, 15) is 14.7 Å². The number of amides is 1. The standard InChI is InChI=1S/C21H18ClNO4S2/c1-2-17(20(25)26)23-19(24)18(29-21(23)28)11-14-4-3-5-16(10-14)27-12-13-6-8-15(22)9-7-13/h3-11,17H,2,12H2,1H3,(H,25,26)/b18-11-/t17-/m0/s1. The van der Waals surface area contributed by atoms with E-state index in [4.69, 9.17) is 28.6 Å². The first kappa shape index (κ1) is 21.4. The Hall–Kier alpha value is -2.35. The third kappa shape index (κ3) is 5.18. The smallest absolute Gasteiger partial charge is 0.326 e. The molecule has 3 rings (SSSR count). The predicted molar refractivity (Wildman–Crippen MR) is 119 cm³/mol. The van der Waals surface area contributed by atoms with E-state index in [2.05, 4.69) is 0 Å². The van der Waals surface area contributed by atoms with E-state index in [1.807, 2.05) is 36.4 Å². The summed E-state index contributed by atoms with van der Waals surface area (Å²) in [7, 11) is 0. The van der Waals surface area contributed by atoms with Crippen molar-refractivity contribution in [3.8, 4) is 5.75 Å². The van der Waals surface area contributed by atoms with Gasteiger partial charge in [-0.3, -0.25) is 9.69 Å². The lowest BCUT2D eigenvalue weighted by Gasteiger charge is -2.21. The van der Waals surface area contributed by atoms with Gasteiger partial charge in [0.25, 0.3) is 5.91 Å². The number of hydrogen-bond donors (Lipinski definition) is 1. The van der Waals surface area contributed by atoms with Crippen LogP contribution in [-0.2, 0) is 16.2 Å². The van der Waals surface area contributed by atoms with Crippen LogP contribution in [-0.4, -0.2) is 32.2 Å². The van der Waals surface area contributed by atoms with Crippen LogP contribution in [0.1, 0.15) is 24.5 Å². The van der Waals surface area contributed by atoms with E-state index in [1.165, 1.54) is 4.90 Å². The largest absolute Gasteiger partial charge is 0.489 e. The Morgan fingerprint density at radius 1 is 1.31 bits per heavy atom. The summed E-state index contributed by atoms with van der Waals surface area (Å²) in [4.78, 5) is 25.7. The number of halogens is 1. The van der Waals surface area contributed by atoms with Crippen molar-refractivity contribution in [3.63, 3.8) is 0 Å². The Morgan fingerprint density at radius 2 is 2.03 bits per heavy atom.